The molecule has 0 aliphatic heterocycles. The van der Waals surface area contributed by atoms with Gasteiger partial charge in [-0.15, -0.1) is 0 Å². The smallest absolute Gasteiger partial charge is 0.0610 e. The van der Waals surface area contributed by atoms with E-state index in [1.54, 1.807) is 6.20 Å². The third kappa shape index (κ3) is 2.04. The maximum absolute atomic E-state index is 5.95. The highest BCUT2D eigenvalue weighted by molar-refractivity contribution is 5.49. The Bertz CT molecular complexity index is 454. The average Bonchev–Trinajstić information content (AvgIpc) is 2.34. The van der Waals surface area contributed by atoms with Gasteiger partial charge in [0.05, 0.1) is 6.04 Å². The first kappa shape index (κ1) is 10.6. The fourth-order valence-corrected chi connectivity index (χ4v) is 1.81. The molecule has 2 aromatic rings. The number of nitrogens with two attached hydrogens (primary N) is 1. The van der Waals surface area contributed by atoms with E-state index in [2.05, 4.69) is 22.4 Å². The van der Waals surface area contributed by atoms with E-state index in [0.29, 0.717) is 0 Å². The summed E-state index contributed by atoms with van der Waals surface area (Å²) in [6.07, 6.45) is 3.51. The highest BCUT2D eigenvalue weighted by Gasteiger charge is 2.13. The predicted molar refractivity (Wildman–Crippen MR) is 66.0 cm³/mol. The molecule has 0 saturated carbocycles. The van der Waals surface area contributed by atoms with Gasteiger partial charge in [-0.1, -0.05) is 30.3 Å². The lowest BCUT2D eigenvalue weighted by molar-refractivity contribution is 0.691. The zero-order chi connectivity index (χ0) is 11.4. The van der Waals surface area contributed by atoms with Gasteiger partial charge in [0.2, 0.25) is 0 Å². The van der Waals surface area contributed by atoms with E-state index < -0.39 is 0 Å². The summed E-state index contributed by atoms with van der Waals surface area (Å²) in [5.41, 5.74) is 8.91. The first-order valence-electron chi connectivity index (χ1n) is 5.24. The van der Waals surface area contributed by atoms with Crippen molar-refractivity contribution in [1.82, 2.24) is 10.3 Å². The molecule has 0 fully saturated rings. The molecule has 0 radical (unpaired) electrons. The number of anilines is 1. The number of nitrogens with zero attached hydrogens (tertiary/aromatic N) is 1. The molecule has 16 heavy (non-hydrogen) atoms. The van der Waals surface area contributed by atoms with Crippen molar-refractivity contribution in [1.29, 1.82) is 0 Å². The lowest BCUT2D eigenvalue weighted by atomic mass is 9.99. The molecule has 3 N–H and O–H groups in total. The number of benzene rings is 1. The third-order valence-corrected chi connectivity index (χ3v) is 2.62. The Labute approximate surface area is 95.3 Å². The van der Waals surface area contributed by atoms with E-state index in [1.807, 2.05) is 37.5 Å². The molecular weight excluding hydrogens is 198 g/mol. The number of aromatic nitrogens is 1. The maximum Gasteiger partial charge on any atom is 0.0610 e. The summed E-state index contributed by atoms with van der Waals surface area (Å²) in [6.45, 7) is 0. The monoisotopic (exact) mass is 213 g/mol. The summed E-state index contributed by atoms with van der Waals surface area (Å²) in [5, 5.41) is 3.26. The summed E-state index contributed by atoms with van der Waals surface area (Å²) in [4.78, 5) is 4.12. The fraction of sp³-hybridized carbons (Fsp3) is 0.154. The van der Waals surface area contributed by atoms with Gasteiger partial charge in [0.25, 0.3) is 0 Å². The van der Waals surface area contributed by atoms with E-state index in [-0.39, 0.29) is 6.04 Å². The van der Waals surface area contributed by atoms with Crippen LogP contribution in [0.2, 0.25) is 0 Å². The zero-order valence-electron chi connectivity index (χ0n) is 9.22. The lowest BCUT2D eigenvalue weighted by Gasteiger charge is -2.18. The molecule has 0 aliphatic carbocycles. The fourth-order valence-electron chi connectivity index (χ4n) is 1.81. The van der Waals surface area contributed by atoms with Crippen LogP contribution >= 0.6 is 0 Å². The topological polar surface area (TPSA) is 50.9 Å². The maximum atomic E-state index is 5.95. The molecule has 0 amide bonds. The van der Waals surface area contributed by atoms with Gasteiger partial charge in [-0.25, -0.2) is 0 Å². The summed E-state index contributed by atoms with van der Waals surface area (Å²) in [7, 11) is 1.92. The molecule has 82 valence electrons. The van der Waals surface area contributed by atoms with Gasteiger partial charge in [0.1, 0.15) is 0 Å². The van der Waals surface area contributed by atoms with Crippen LogP contribution in [-0.4, -0.2) is 12.0 Å². The van der Waals surface area contributed by atoms with Crippen molar-refractivity contribution >= 4 is 5.69 Å². The Morgan fingerprint density at radius 1 is 1.19 bits per heavy atom. The molecule has 1 heterocycles. The Morgan fingerprint density at radius 2 is 1.94 bits per heavy atom. The van der Waals surface area contributed by atoms with Crippen molar-refractivity contribution in [3.63, 3.8) is 0 Å². The van der Waals surface area contributed by atoms with Gasteiger partial charge in [0, 0.05) is 23.6 Å². The zero-order valence-corrected chi connectivity index (χ0v) is 9.22. The summed E-state index contributed by atoms with van der Waals surface area (Å²) < 4.78 is 0. The second-order valence-electron chi connectivity index (χ2n) is 3.64. The van der Waals surface area contributed by atoms with Gasteiger partial charge in [-0.05, 0) is 18.7 Å². The highest BCUT2D eigenvalue weighted by Crippen LogP contribution is 2.24. The van der Waals surface area contributed by atoms with E-state index in [4.69, 9.17) is 5.73 Å². The number of hydrogen-bond donors (Lipinski definition) is 2. The van der Waals surface area contributed by atoms with Gasteiger partial charge in [0.15, 0.2) is 0 Å². The number of pyridine rings is 1. The van der Waals surface area contributed by atoms with Crippen LogP contribution in [0.3, 0.4) is 0 Å². The van der Waals surface area contributed by atoms with Crippen LogP contribution in [0.15, 0.2) is 48.8 Å². The van der Waals surface area contributed by atoms with E-state index in [1.165, 1.54) is 5.56 Å². The Balaban J connectivity index is 2.41. The van der Waals surface area contributed by atoms with Crippen LogP contribution < -0.4 is 11.1 Å². The first-order valence-corrected chi connectivity index (χ1v) is 5.24. The van der Waals surface area contributed by atoms with Gasteiger partial charge in [-0.2, -0.15) is 0 Å². The molecular formula is C13H15N3. The third-order valence-electron chi connectivity index (χ3n) is 2.62. The average molecular weight is 213 g/mol. The number of nitrogen functional groups attached to an aromatic ring is 1. The largest absolute Gasteiger partial charge is 0.398 e. The van der Waals surface area contributed by atoms with Crippen molar-refractivity contribution in [3.05, 3.63) is 59.9 Å². The molecule has 0 bridgehead atoms. The number of hydrogen-bond acceptors (Lipinski definition) is 3. The molecule has 1 aromatic carbocycles. The molecule has 1 aromatic heterocycles. The summed E-state index contributed by atoms with van der Waals surface area (Å²) >= 11 is 0. The van der Waals surface area contributed by atoms with Gasteiger partial charge >= 0.3 is 0 Å². The minimum absolute atomic E-state index is 0.0925. The van der Waals surface area contributed by atoms with Gasteiger partial charge in [-0.3, -0.25) is 4.98 Å². The van der Waals surface area contributed by atoms with Crippen molar-refractivity contribution in [2.24, 2.45) is 0 Å². The second kappa shape index (κ2) is 4.77. The van der Waals surface area contributed by atoms with Crippen LogP contribution in [0, 0.1) is 0 Å². The van der Waals surface area contributed by atoms with Crippen molar-refractivity contribution in [2.45, 2.75) is 6.04 Å². The minimum atomic E-state index is 0.0925. The minimum Gasteiger partial charge on any atom is -0.398 e. The normalized spacial score (nSPS) is 12.3. The molecule has 3 nitrogen and oxygen atoms in total. The highest BCUT2D eigenvalue weighted by atomic mass is 14.9. The summed E-state index contributed by atoms with van der Waals surface area (Å²) in [6, 6.07) is 12.1. The molecule has 0 aliphatic rings. The quantitative estimate of drug-likeness (QED) is 0.819. The van der Waals surface area contributed by atoms with Crippen LogP contribution in [-0.2, 0) is 0 Å². The molecule has 1 atom stereocenters. The lowest BCUT2D eigenvalue weighted by Crippen LogP contribution is -2.19. The van der Waals surface area contributed by atoms with Crippen molar-refractivity contribution in [2.75, 3.05) is 12.8 Å². The molecule has 0 saturated heterocycles. The first-order chi connectivity index (χ1) is 7.83. The second-order valence-corrected chi connectivity index (χ2v) is 3.64. The molecule has 3 heteroatoms. The van der Waals surface area contributed by atoms with Gasteiger partial charge < -0.3 is 11.1 Å². The predicted octanol–water partition coefficient (Wildman–Crippen LogP) is 1.97. The Morgan fingerprint density at radius 3 is 2.56 bits per heavy atom. The Hall–Kier alpha value is -1.87. The standard InChI is InChI=1S/C13H15N3/c1-15-13(10-5-3-2-4-6-10)11-9-16-8-7-12(11)14/h2-9,13,15H,1H3,(H2,14,16). The van der Waals surface area contributed by atoms with Crippen molar-refractivity contribution < 1.29 is 0 Å². The van der Waals surface area contributed by atoms with E-state index in [9.17, 15) is 0 Å². The summed E-state index contributed by atoms with van der Waals surface area (Å²) in [5.74, 6) is 0. The molecule has 1 unspecified atom stereocenters. The number of rotatable bonds is 3. The molecule has 2 rings (SSSR count). The van der Waals surface area contributed by atoms with E-state index >= 15 is 0 Å². The van der Waals surface area contributed by atoms with Crippen LogP contribution in [0.1, 0.15) is 17.2 Å². The van der Waals surface area contributed by atoms with Crippen LogP contribution in [0.5, 0.6) is 0 Å². The molecule has 0 spiro atoms. The Kier molecular flexibility index (Phi) is 3.17. The van der Waals surface area contributed by atoms with Crippen molar-refractivity contribution in [3.8, 4) is 0 Å². The van der Waals surface area contributed by atoms with Crippen LogP contribution in [0.25, 0.3) is 0 Å². The van der Waals surface area contributed by atoms with Crippen LogP contribution in [0.4, 0.5) is 5.69 Å². The SMILES string of the molecule is CNC(c1ccccc1)c1cnccc1N. The van der Waals surface area contributed by atoms with E-state index in [0.717, 1.165) is 11.3 Å². The number of nitrogens with one attached hydrogen (secondary N) is 1.